The van der Waals surface area contributed by atoms with E-state index in [1.54, 1.807) is 4.57 Å². The van der Waals surface area contributed by atoms with Gasteiger partial charge in [0.15, 0.2) is 0 Å². The first-order valence-corrected chi connectivity index (χ1v) is 11.6. The fourth-order valence-electron chi connectivity index (χ4n) is 3.93. The van der Waals surface area contributed by atoms with E-state index >= 15 is 0 Å². The van der Waals surface area contributed by atoms with Crippen LogP contribution in [0.1, 0.15) is 71.8 Å². The molecule has 5 heteroatoms. The smallest absolute Gasteiger partial charge is 0.266 e. The monoisotopic (exact) mass is 433 g/mol. The third-order valence-electron chi connectivity index (χ3n) is 5.90. The Balaban J connectivity index is 2.24. The molecule has 3 rings (SSSR count). The second-order valence-electron chi connectivity index (χ2n) is 9.43. The highest BCUT2D eigenvalue weighted by atomic mass is 16.2. The minimum atomic E-state index is -0.521. The number of rotatable bonds is 7. The van der Waals surface area contributed by atoms with Gasteiger partial charge in [0.05, 0.1) is 22.6 Å². The molecule has 1 heterocycles. The zero-order chi connectivity index (χ0) is 23.5. The molecule has 0 unspecified atom stereocenters. The van der Waals surface area contributed by atoms with Gasteiger partial charge in [0.25, 0.3) is 5.56 Å². The summed E-state index contributed by atoms with van der Waals surface area (Å²) in [7, 11) is 0. The van der Waals surface area contributed by atoms with Gasteiger partial charge in [0.1, 0.15) is 5.82 Å². The Morgan fingerprint density at radius 1 is 1.06 bits per heavy atom. The normalized spacial score (nSPS) is 12.7. The number of amides is 1. The van der Waals surface area contributed by atoms with Crippen molar-refractivity contribution >= 4 is 16.8 Å². The molecule has 0 bridgehead atoms. The molecule has 0 aliphatic heterocycles. The molecule has 0 N–H and O–H groups in total. The minimum absolute atomic E-state index is 0.0636. The van der Waals surface area contributed by atoms with Crippen molar-refractivity contribution in [2.45, 2.75) is 66.8 Å². The van der Waals surface area contributed by atoms with Crippen molar-refractivity contribution in [2.24, 2.45) is 5.41 Å². The van der Waals surface area contributed by atoms with Crippen LogP contribution in [0.5, 0.6) is 0 Å². The third-order valence-corrected chi connectivity index (χ3v) is 5.90. The Labute approximate surface area is 191 Å². The Morgan fingerprint density at radius 3 is 2.31 bits per heavy atom. The highest BCUT2D eigenvalue weighted by Crippen LogP contribution is 2.28. The Hall–Kier alpha value is -2.95. The summed E-state index contributed by atoms with van der Waals surface area (Å²) in [6.07, 6.45) is 2.81. The molecule has 1 aromatic heterocycles. The fraction of sp³-hybridized carbons (Fsp3) is 0.444. The molecule has 170 valence electrons. The molecule has 0 saturated heterocycles. The van der Waals surface area contributed by atoms with Crippen LogP contribution in [0.3, 0.4) is 0 Å². The maximum Gasteiger partial charge on any atom is 0.266 e. The van der Waals surface area contributed by atoms with E-state index < -0.39 is 5.41 Å². The van der Waals surface area contributed by atoms with E-state index in [2.05, 4.69) is 13.8 Å². The number of benzene rings is 2. The Kier molecular flexibility index (Phi) is 7.17. The number of nitrogens with zero attached hydrogens (tertiary/aromatic N) is 3. The van der Waals surface area contributed by atoms with Crippen LogP contribution in [-0.2, 0) is 11.2 Å². The van der Waals surface area contributed by atoms with E-state index in [-0.39, 0.29) is 17.5 Å². The number of hydrogen-bond donors (Lipinski definition) is 0. The number of carbonyl (C=O) groups is 1. The second-order valence-corrected chi connectivity index (χ2v) is 9.43. The van der Waals surface area contributed by atoms with Gasteiger partial charge in [0, 0.05) is 12.0 Å². The van der Waals surface area contributed by atoms with Gasteiger partial charge in [-0.2, -0.15) is 0 Å². The maximum atomic E-state index is 13.6. The molecule has 0 aliphatic carbocycles. The summed E-state index contributed by atoms with van der Waals surface area (Å²) in [6, 6.07) is 15.1. The van der Waals surface area contributed by atoms with Gasteiger partial charge in [-0.15, -0.1) is 0 Å². The zero-order valence-corrected chi connectivity index (χ0v) is 20.2. The van der Waals surface area contributed by atoms with Crippen molar-refractivity contribution in [2.75, 3.05) is 6.54 Å². The lowest BCUT2D eigenvalue weighted by molar-refractivity contribution is -0.142. The van der Waals surface area contributed by atoms with Gasteiger partial charge in [-0.25, -0.2) is 4.98 Å². The third kappa shape index (κ3) is 4.77. The summed E-state index contributed by atoms with van der Waals surface area (Å²) < 4.78 is 1.68. The second kappa shape index (κ2) is 9.68. The minimum Gasteiger partial charge on any atom is -0.332 e. The zero-order valence-electron chi connectivity index (χ0n) is 20.2. The average molecular weight is 434 g/mol. The molecule has 0 saturated carbocycles. The number of aromatic nitrogens is 2. The average Bonchev–Trinajstić information content (AvgIpc) is 2.78. The lowest BCUT2D eigenvalue weighted by Gasteiger charge is -2.35. The Morgan fingerprint density at radius 2 is 1.72 bits per heavy atom. The summed E-state index contributed by atoms with van der Waals surface area (Å²) >= 11 is 0. The van der Waals surface area contributed by atoms with Crippen molar-refractivity contribution < 1.29 is 4.79 Å². The lowest BCUT2D eigenvalue weighted by atomic mass is 9.93. The number of fused-ring (bicyclic) bond motifs is 1. The topological polar surface area (TPSA) is 55.2 Å². The fourth-order valence-corrected chi connectivity index (χ4v) is 3.93. The first kappa shape index (κ1) is 23.7. The van der Waals surface area contributed by atoms with Gasteiger partial charge >= 0.3 is 0 Å². The molecule has 32 heavy (non-hydrogen) atoms. The molecule has 0 fully saturated rings. The number of aryl methyl sites for hydroxylation is 1. The molecule has 1 atom stereocenters. The van der Waals surface area contributed by atoms with E-state index in [1.807, 2.05) is 81.1 Å². The first-order valence-electron chi connectivity index (χ1n) is 11.6. The summed E-state index contributed by atoms with van der Waals surface area (Å²) in [5.41, 5.74) is 2.00. The maximum absolute atomic E-state index is 13.6. The quantitative estimate of drug-likeness (QED) is 0.481. The molecule has 2 aromatic carbocycles. The lowest BCUT2D eigenvalue weighted by Crippen LogP contribution is -2.43. The number of hydrogen-bond acceptors (Lipinski definition) is 3. The van der Waals surface area contributed by atoms with Crippen LogP contribution in [0.2, 0.25) is 0 Å². The van der Waals surface area contributed by atoms with Crippen molar-refractivity contribution in [3.63, 3.8) is 0 Å². The van der Waals surface area contributed by atoms with Crippen LogP contribution in [0.4, 0.5) is 0 Å². The molecule has 0 radical (unpaired) electrons. The molecule has 0 spiro atoms. The van der Waals surface area contributed by atoms with E-state index in [1.165, 1.54) is 5.56 Å². The van der Waals surface area contributed by atoms with E-state index in [0.29, 0.717) is 23.3 Å². The van der Waals surface area contributed by atoms with Crippen LogP contribution < -0.4 is 5.56 Å². The van der Waals surface area contributed by atoms with Crippen LogP contribution in [0.25, 0.3) is 16.6 Å². The molecule has 5 nitrogen and oxygen atoms in total. The molecule has 0 aliphatic rings. The predicted molar refractivity (Wildman–Crippen MR) is 131 cm³/mol. The van der Waals surface area contributed by atoms with Gasteiger partial charge < -0.3 is 4.90 Å². The van der Waals surface area contributed by atoms with Crippen molar-refractivity contribution in [3.05, 3.63) is 70.3 Å². The number of para-hydroxylation sites is 1. The summed E-state index contributed by atoms with van der Waals surface area (Å²) in [4.78, 5) is 33.8. The van der Waals surface area contributed by atoms with Gasteiger partial charge in [0.2, 0.25) is 5.91 Å². The SMILES string of the molecule is CCCCN(C(=O)C(C)(C)C)[C@@H](C)c1nc2ccccc2c(=O)n1-c1ccc(CC)cc1. The van der Waals surface area contributed by atoms with Crippen LogP contribution in [0, 0.1) is 5.41 Å². The number of carbonyl (C=O) groups excluding carboxylic acids is 1. The Bertz CT molecular complexity index is 1140. The van der Waals surface area contributed by atoms with Crippen LogP contribution >= 0.6 is 0 Å². The molecular formula is C27H35N3O2. The van der Waals surface area contributed by atoms with Crippen molar-refractivity contribution in [1.82, 2.24) is 14.5 Å². The van der Waals surface area contributed by atoms with E-state index in [9.17, 15) is 9.59 Å². The molecule has 3 aromatic rings. The highest BCUT2D eigenvalue weighted by Gasteiger charge is 2.32. The summed E-state index contributed by atoms with van der Waals surface area (Å²) in [5, 5.41) is 0.574. The summed E-state index contributed by atoms with van der Waals surface area (Å²) in [6.45, 7) is 12.6. The summed E-state index contributed by atoms with van der Waals surface area (Å²) in [5.74, 6) is 0.653. The van der Waals surface area contributed by atoms with Crippen LogP contribution in [0.15, 0.2) is 53.3 Å². The number of unbranched alkanes of at least 4 members (excludes halogenated alkanes) is 1. The van der Waals surface area contributed by atoms with Gasteiger partial charge in [-0.3, -0.25) is 14.2 Å². The standard InChI is InChI=1S/C27H35N3O2/c1-7-9-18-29(26(32)27(4,5)6)19(3)24-28-23-13-11-10-12-22(23)25(31)30(24)21-16-14-20(8-2)15-17-21/h10-17,19H,7-9,18H2,1-6H3/t19-/m0/s1. The predicted octanol–water partition coefficient (Wildman–Crippen LogP) is 5.68. The van der Waals surface area contributed by atoms with Crippen molar-refractivity contribution in [3.8, 4) is 5.69 Å². The molecule has 1 amide bonds. The first-order chi connectivity index (χ1) is 15.2. The van der Waals surface area contributed by atoms with Crippen molar-refractivity contribution in [1.29, 1.82) is 0 Å². The van der Waals surface area contributed by atoms with Crippen LogP contribution in [-0.4, -0.2) is 26.9 Å². The largest absolute Gasteiger partial charge is 0.332 e. The van der Waals surface area contributed by atoms with Gasteiger partial charge in [-0.1, -0.05) is 65.3 Å². The van der Waals surface area contributed by atoms with E-state index in [4.69, 9.17) is 4.98 Å². The highest BCUT2D eigenvalue weighted by molar-refractivity contribution is 5.82. The van der Waals surface area contributed by atoms with Gasteiger partial charge in [-0.05, 0) is 49.6 Å². The van der Waals surface area contributed by atoms with E-state index in [0.717, 1.165) is 24.9 Å². The molecular weight excluding hydrogens is 398 g/mol.